The summed E-state index contributed by atoms with van der Waals surface area (Å²) in [7, 11) is 0. The van der Waals surface area contributed by atoms with Gasteiger partial charge in [0.25, 0.3) is 0 Å². The molecule has 2 aromatic carbocycles. The van der Waals surface area contributed by atoms with Crippen LogP contribution in [0.3, 0.4) is 0 Å². The van der Waals surface area contributed by atoms with Gasteiger partial charge in [-0.25, -0.2) is 4.39 Å². The quantitative estimate of drug-likeness (QED) is 0.697. The molecule has 3 heteroatoms. The predicted octanol–water partition coefficient (Wildman–Crippen LogP) is 5.49. The lowest BCUT2D eigenvalue weighted by atomic mass is 9.85. The van der Waals surface area contributed by atoms with Gasteiger partial charge in [0.15, 0.2) is 0 Å². The third kappa shape index (κ3) is 2.98. The first-order valence-corrected chi connectivity index (χ1v) is 9.32. The third-order valence-electron chi connectivity index (χ3n) is 5.72. The van der Waals surface area contributed by atoms with E-state index in [0.717, 1.165) is 30.0 Å². The average molecular weight is 344 g/mol. The number of benzene rings is 2. The van der Waals surface area contributed by atoms with Gasteiger partial charge in [-0.05, 0) is 80.5 Å². The molecule has 0 amide bonds. The van der Waals surface area contributed by atoms with Crippen LogP contribution in [-0.4, -0.2) is 23.5 Å². The van der Waals surface area contributed by atoms with Crippen LogP contribution in [0.4, 0.5) is 4.39 Å². The van der Waals surface area contributed by atoms with Crippen LogP contribution < -0.4 is 0 Å². The van der Waals surface area contributed by atoms with E-state index in [1.165, 1.54) is 49.1 Å². The molecule has 4 rings (SSSR count). The third-order valence-corrected chi connectivity index (χ3v) is 6.05. The Morgan fingerprint density at radius 1 is 1.08 bits per heavy atom. The fourth-order valence-corrected chi connectivity index (χ4v) is 4.63. The molecule has 0 saturated carbocycles. The van der Waals surface area contributed by atoms with E-state index in [0.29, 0.717) is 11.1 Å². The second-order valence-electron chi connectivity index (χ2n) is 7.23. The highest BCUT2D eigenvalue weighted by Crippen LogP contribution is 2.34. The minimum Gasteiger partial charge on any atom is -0.297 e. The summed E-state index contributed by atoms with van der Waals surface area (Å²) in [6, 6.07) is 12.5. The minimum absolute atomic E-state index is 0.241. The molecule has 1 fully saturated rings. The number of likely N-dealkylation sites (tertiary alicyclic amines) is 1. The SMILES string of the molecule is CC1CCCN1C1CCc2cc(-c3cc(F)ccc3Cl)ccc2C1. The molecule has 126 valence electrons. The molecule has 0 bridgehead atoms. The van der Waals surface area contributed by atoms with Crippen molar-refractivity contribution in [3.8, 4) is 11.1 Å². The molecule has 0 radical (unpaired) electrons. The van der Waals surface area contributed by atoms with E-state index in [1.54, 1.807) is 6.07 Å². The van der Waals surface area contributed by atoms with Gasteiger partial charge in [0.1, 0.15) is 5.82 Å². The molecule has 2 unspecified atom stereocenters. The molecule has 2 aromatic rings. The van der Waals surface area contributed by atoms with E-state index in [-0.39, 0.29) is 5.82 Å². The Labute approximate surface area is 148 Å². The molecule has 1 heterocycles. The first-order valence-electron chi connectivity index (χ1n) is 8.95. The van der Waals surface area contributed by atoms with Crippen molar-refractivity contribution in [2.24, 2.45) is 0 Å². The molecule has 1 nitrogen and oxygen atoms in total. The van der Waals surface area contributed by atoms with Crippen LogP contribution in [0.2, 0.25) is 5.02 Å². The number of fused-ring (bicyclic) bond motifs is 1. The van der Waals surface area contributed by atoms with Gasteiger partial charge in [0.2, 0.25) is 0 Å². The van der Waals surface area contributed by atoms with Crippen molar-refractivity contribution in [2.75, 3.05) is 6.54 Å². The van der Waals surface area contributed by atoms with Crippen molar-refractivity contribution >= 4 is 11.6 Å². The van der Waals surface area contributed by atoms with E-state index < -0.39 is 0 Å². The first kappa shape index (κ1) is 16.1. The van der Waals surface area contributed by atoms with Crippen LogP contribution >= 0.6 is 11.6 Å². The van der Waals surface area contributed by atoms with Gasteiger partial charge < -0.3 is 0 Å². The molecule has 1 saturated heterocycles. The Balaban J connectivity index is 1.60. The predicted molar refractivity (Wildman–Crippen MR) is 98.1 cm³/mol. The lowest BCUT2D eigenvalue weighted by Gasteiger charge is -2.35. The van der Waals surface area contributed by atoms with Crippen LogP contribution in [-0.2, 0) is 12.8 Å². The molecular formula is C21H23ClFN. The highest BCUT2D eigenvalue weighted by atomic mass is 35.5. The number of halogens is 2. The van der Waals surface area contributed by atoms with Crippen molar-refractivity contribution in [2.45, 2.75) is 51.1 Å². The van der Waals surface area contributed by atoms with E-state index in [9.17, 15) is 4.39 Å². The number of nitrogens with zero attached hydrogens (tertiary/aromatic N) is 1. The zero-order chi connectivity index (χ0) is 16.7. The normalized spacial score (nSPS) is 24.1. The van der Waals surface area contributed by atoms with Gasteiger partial charge in [-0.3, -0.25) is 4.90 Å². The van der Waals surface area contributed by atoms with Crippen LogP contribution in [0.5, 0.6) is 0 Å². The summed E-state index contributed by atoms with van der Waals surface area (Å²) >= 11 is 6.27. The van der Waals surface area contributed by atoms with Crippen molar-refractivity contribution in [3.63, 3.8) is 0 Å². The summed E-state index contributed by atoms with van der Waals surface area (Å²) in [5.74, 6) is -0.241. The second kappa shape index (κ2) is 6.50. The summed E-state index contributed by atoms with van der Waals surface area (Å²) in [5.41, 5.74) is 4.65. The lowest BCUT2D eigenvalue weighted by Crippen LogP contribution is -2.41. The molecule has 0 N–H and O–H groups in total. The minimum atomic E-state index is -0.241. The van der Waals surface area contributed by atoms with E-state index in [1.807, 2.05) is 0 Å². The van der Waals surface area contributed by atoms with Crippen molar-refractivity contribution in [1.29, 1.82) is 0 Å². The molecule has 0 aromatic heterocycles. The first-order chi connectivity index (χ1) is 11.6. The van der Waals surface area contributed by atoms with Gasteiger partial charge in [-0.15, -0.1) is 0 Å². The Morgan fingerprint density at radius 2 is 1.96 bits per heavy atom. The maximum absolute atomic E-state index is 13.6. The number of aryl methyl sites for hydroxylation is 1. The molecule has 0 spiro atoms. The Hall–Kier alpha value is -1.38. The van der Waals surface area contributed by atoms with Crippen molar-refractivity contribution in [1.82, 2.24) is 4.90 Å². The molecular weight excluding hydrogens is 321 g/mol. The van der Waals surface area contributed by atoms with Crippen molar-refractivity contribution < 1.29 is 4.39 Å². The highest BCUT2D eigenvalue weighted by molar-refractivity contribution is 6.33. The zero-order valence-electron chi connectivity index (χ0n) is 14.1. The molecule has 2 atom stereocenters. The highest BCUT2D eigenvalue weighted by Gasteiger charge is 2.30. The maximum Gasteiger partial charge on any atom is 0.123 e. The van der Waals surface area contributed by atoms with E-state index >= 15 is 0 Å². The van der Waals surface area contributed by atoms with Crippen LogP contribution in [0.15, 0.2) is 36.4 Å². The van der Waals surface area contributed by atoms with E-state index in [2.05, 4.69) is 30.0 Å². The van der Waals surface area contributed by atoms with Gasteiger partial charge >= 0.3 is 0 Å². The smallest absolute Gasteiger partial charge is 0.123 e. The molecule has 1 aliphatic heterocycles. The molecule has 1 aliphatic carbocycles. The van der Waals surface area contributed by atoms with Crippen LogP contribution in [0, 0.1) is 5.82 Å². The summed E-state index contributed by atoms with van der Waals surface area (Å²) in [6.07, 6.45) is 6.13. The maximum atomic E-state index is 13.6. The summed E-state index contributed by atoms with van der Waals surface area (Å²) < 4.78 is 13.6. The summed E-state index contributed by atoms with van der Waals surface area (Å²) in [5, 5.41) is 0.607. The van der Waals surface area contributed by atoms with Gasteiger partial charge in [0.05, 0.1) is 0 Å². The monoisotopic (exact) mass is 343 g/mol. The lowest BCUT2D eigenvalue weighted by molar-refractivity contribution is 0.174. The standard InChI is InChI=1S/C21H23ClFN/c1-14-3-2-10-24(14)19-8-6-15-11-17(5-4-16(15)12-19)20-13-18(23)7-9-21(20)22/h4-5,7,9,11,13-14,19H,2-3,6,8,10,12H2,1H3. The van der Waals surface area contributed by atoms with Crippen LogP contribution in [0.25, 0.3) is 11.1 Å². The van der Waals surface area contributed by atoms with Gasteiger partial charge in [-0.1, -0.05) is 29.8 Å². The topological polar surface area (TPSA) is 3.24 Å². The Morgan fingerprint density at radius 3 is 2.75 bits per heavy atom. The van der Waals surface area contributed by atoms with Gasteiger partial charge in [0, 0.05) is 22.7 Å². The number of rotatable bonds is 2. The molecule has 24 heavy (non-hydrogen) atoms. The fourth-order valence-electron chi connectivity index (χ4n) is 4.40. The zero-order valence-corrected chi connectivity index (χ0v) is 14.8. The summed E-state index contributed by atoms with van der Waals surface area (Å²) in [6.45, 7) is 3.61. The average Bonchev–Trinajstić information content (AvgIpc) is 3.02. The summed E-state index contributed by atoms with van der Waals surface area (Å²) in [4.78, 5) is 2.69. The largest absolute Gasteiger partial charge is 0.297 e. The fraction of sp³-hybridized carbons (Fsp3) is 0.429. The Kier molecular flexibility index (Phi) is 4.36. The second-order valence-corrected chi connectivity index (χ2v) is 7.64. The van der Waals surface area contributed by atoms with Gasteiger partial charge in [-0.2, -0.15) is 0 Å². The van der Waals surface area contributed by atoms with E-state index in [4.69, 9.17) is 11.6 Å². The number of hydrogen-bond acceptors (Lipinski definition) is 1. The Bertz CT molecular complexity index is 757. The van der Waals surface area contributed by atoms with Crippen molar-refractivity contribution in [3.05, 3.63) is 58.4 Å². The molecule has 2 aliphatic rings. The van der Waals surface area contributed by atoms with Crippen LogP contribution in [0.1, 0.15) is 37.3 Å². The number of hydrogen-bond donors (Lipinski definition) is 0.